The number of sulfonamides is 1. The quantitative estimate of drug-likeness (QED) is 0.523. The first-order chi connectivity index (χ1) is 12.8. The molecule has 0 aliphatic carbocycles. The Morgan fingerprint density at radius 1 is 1.11 bits per heavy atom. The highest BCUT2D eigenvalue weighted by atomic mass is 32.2. The number of hydrogen-bond donors (Lipinski definition) is 1. The van der Waals surface area contributed by atoms with Crippen LogP contribution in [0.1, 0.15) is 11.1 Å². The molecule has 0 radical (unpaired) electrons. The number of rotatable bonds is 4. The summed E-state index contributed by atoms with van der Waals surface area (Å²) in [5.74, 6) is -1.06. The molecule has 2 aromatic carbocycles. The van der Waals surface area contributed by atoms with Gasteiger partial charge in [0.15, 0.2) is 11.1 Å². The Hall–Kier alpha value is -2.98. The van der Waals surface area contributed by atoms with Gasteiger partial charge in [-0.05, 0) is 36.2 Å². The van der Waals surface area contributed by atoms with Crippen molar-refractivity contribution < 1.29 is 22.7 Å². The number of benzene rings is 2. The van der Waals surface area contributed by atoms with Crippen LogP contribution in [0.5, 0.6) is 5.95 Å². The Bertz CT molecular complexity index is 1240. The van der Waals surface area contributed by atoms with E-state index in [-0.39, 0.29) is 5.13 Å². The summed E-state index contributed by atoms with van der Waals surface area (Å²) in [5.41, 5.74) is 3.09. The summed E-state index contributed by atoms with van der Waals surface area (Å²) in [6, 6.07) is 12.5. The smallest absolute Gasteiger partial charge is 0.373 e. The summed E-state index contributed by atoms with van der Waals surface area (Å²) in [4.78, 5) is 4.26. The molecule has 138 valence electrons. The third kappa shape index (κ3) is 3.24. The van der Waals surface area contributed by atoms with Crippen molar-refractivity contribution in [1.29, 1.82) is 0 Å². The van der Waals surface area contributed by atoms with Crippen LogP contribution >= 0.6 is 11.3 Å². The average molecular weight is 402 g/mol. The van der Waals surface area contributed by atoms with Crippen molar-refractivity contribution >= 4 is 36.7 Å². The molecule has 0 saturated heterocycles. The van der Waals surface area contributed by atoms with Crippen molar-refractivity contribution in [3.8, 4) is 11.6 Å². The van der Waals surface area contributed by atoms with Crippen LogP contribution in [0, 0.1) is 13.8 Å². The van der Waals surface area contributed by atoms with Gasteiger partial charge in [0.25, 0.3) is 0 Å². The lowest BCUT2D eigenvalue weighted by molar-refractivity contribution is -0.706. The normalized spacial score (nSPS) is 11.8. The van der Waals surface area contributed by atoms with Gasteiger partial charge in [0.2, 0.25) is 5.69 Å². The van der Waals surface area contributed by atoms with Crippen molar-refractivity contribution in [2.24, 2.45) is 0 Å². The molecule has 0 atom stereocenters. The monoisotopic (exact) mass is 402 g/mol. The highest BCUT2D eigenvalue weighted by molar-refractivity contribution is 7.92. The zero-order valence-electron chi connectivity index (χ0n) is 14.3. The Kier molecular flexibility index (Phi) is 4.08. The molecule has 4 aromatic rings. The molecule has 0 unspecified atom stereocenters. The third-order valence-electron chi connectivity index (χ3n) is 3.87. The van der Waals surface area contributed by atoms with E-state index in [4.69, 9.17) is 0 Å². The number of fused-ring (bicyclic) bond motifs is 1. The third-order valence-corrected chi connectivity index (χ3v) is 6.24. The fourth-order valence-corrected chi connectivity index (χ4v) is 4.86. The fourth-order valence-electron chi connectivity index (χ4n) is 2.55. The van der Waals surface area contributed by atoms with Crippen molar-refractivity contribution in [2.45, 2.75) is 18.9 Å². The predicted molar refractivity (Wildman–Crippen MR) is 97.4 cm³/mol. The lowest BCUT2D eigenvalue weighted by atomic mass is 10.2. The van der Waals surface area contributed by atoms with E-state index in [1.54, 1.807) is 24.3 Å². The number of hydrogen-bond acceptors (Lipinski definition) is 7. The average Bonchev–Trinajstić information content (AvgIpc) is 3.18. The summed E-state index contributed by atoms with van der Waals surface area (Å²) >= 11 is 1.18. The molecule has 10 heteroatoms. The van der Waals surface area contributed by atoms with Crippen LogP contribution in [0.4, 0.5) is 5.13 Å². The van der Waals surface area contributed by atoms with Crippen molar-refractivity contribution in [3.05, 3.63) is 53.6 Å². The van der Waals surface area contributed by atoms with E-state index in [9.17, 15) is 13.5 Å². The molecule has 2 heterocycles. The molecule has 27 heavy (non-hydrogen) atoms. The summed E-state index contributed by atoms with van der Waals surface area (Å²) in [6.45, 7) is 3.83. The maximum atomic E-state index is 12.8. The standard InChI is InChI=1S/C17H14N4O4S2/c1-10-3-6-12(7-4-10)21-15(16(22)25-20-21)27(23,24)19-17-18-13-8-5-11(2)9-14(13)26-17/h3-9H,1-2H3,(H-,18,19,20,22). The Labute approximate surface area is 158 Å². The summed E-state index contributed by atoms with van der Waals surface area (Å²) in [5, 5.41) is 15.2. The van der Waals surface area contributed by atoms with Gasteiger partial charge < -0.3 is 9.63 Å². The SMILES string of the molecule is Cc1ccc(-[n+]2noc([O-])c2S(=O)(=O)Nc2nc3ccc(C)cc3s2)cc1. The zero-order valence-corrected chi connectivity index (χ0v) is 16.0. The molecule has 0 spiro atoms. The van der Waals surface area contributed by atoms with Gasteiger partial charge in [0.05, 0.1) is 15.5 Å². The van der Waals surface area contributed by atoms with Gasteiger partial charge in [-0.1, -0.05) is 35.1 Å². The molecule has 4 rings (SSSR count). The summed E-state index contributed by atoms with van der Waals surface area (Å²) in [6.07, 6.45) is 0. The van der Waals surface area contributed by atoms with Crippen molar-refractivity contribution in [3.63, 3.8) is 0 Å². The van der Waals surface area contributed by atoms with Gasteiger partial charge in [-0.2, -0.15) is 8.42 Å². The first-order valence-electron chi connectivity index (χ1n) is 7.89. The van der Waals surface area contributed by atoms with Gasteiger partial charge in [-0.25, -0.2) is 9.71 Å². The fraction of sp³-hybridized carbons (Fsp3) is 0.118. The number of anilines is 1. The van der Waals surface area contributed by atoms with Gasteiger partial charge in [-0.3, -0.25) is 0 Å². The van der Waals surface area contributed by atoms with E-state index in [0.717, 1.165) is 20.5 Å². The molecule has 0 bridgehead atoms. The van der Waals surface area contributed by atoms with Crippen molar-refractivity contribution in [2.75, 3.05) is 4.72 Å². The highest BCUT2D eigenvalue weighted by Crippen LogP contribution is 2.29. The predicted octanol–water partition coefficient (Wildman–Crippen LogP) is 2.05. The lowest BCUT2D eigenvalue weighted by Gasteiger charge is -2.02. The van der Waals surface area contributed by atoms with E-state index < -0.39 is 21.0 Å². The van der Waals surface area contributed by atoms with Gasteiger partial charge in [0, 0.05) is 12.1 Å². The van der Waals surface area contributed by atoms with Crippen LogP contribution in [0.25, 0.3) is 15.9 Å². The zero-order chi connectivity index (χ0) is 19.2. The molecule has 0 aliphatic heterocycles. The number of nitrogens with zero attached hydrogens (tertiary/aromatic N) is 3. The number of aryl methyl sites for hydroxylation is 2. The van der Waals surface area contributed by atoms with Crippen molar-refractivity contribution in [1.82, 2.24) is 10.3 Å². The maximum absolute atomic E-state index is 12.8. The Morgan fingerprint density at radius 2 is 1.81 bits per heavy atom. The number of aromatic nitrogens is 3. The molecule has 0 saturated carbocycles. The second kappa shape index (κ2) is 6.32. The van der Waals surface area contributed by atoms with E-state index in [1.807, 2.05) is 32.0 Å². The summed E-state index contributed by atoms with van der Waals surface area (Å²) in [7, 11) is -4.26. The van der Waals surface area contributed by atoms with Crippen LogP contribution in [0.15, 0.2) is 52.0 Å². The highest BCUT2D eigenvalue weighted by Gasteiger charge is 2.34. The molecule has 8 nitrogen and oxygen atoms in total. The van der Waals surface area contributed by atoms with Gasteiger partial charge >= 0.3 is 15.0 Å². The topological polar surface area (TPSA) is 112 Å². The van der Waals surface area contributed by atoms with Crippen LogP contribution < -0.4 is 14.5 Å². The van der Waals surface area contributed by atoms with E-state index >= 15 is 0 Å². The first-order valence-corrected chi connectivity index (χ1v) is 10.2. The molecule has 0 amide bonds. The number of thiazole rings is 1. The van der Waals surface area contributed by atoms with E-state index in [1.165, 1.54) is 11.3 Å². The second-order valence-corrected chi connectivity index (χ2v) is 8.64. The van der Waals surface area contributed by atoms with Gasteiger partial charge in [-0.15, -0.1) is 0 Å². The Morgan fingerprint density at radius 3 is 2.56 bits per heavy atom. The number of nitrogens with one attached hydrogen (secondary N) is 1. The lowest BCUT2D eigenvalue weighted by Crippen LogP contribution is -2.40. The molecular formula is C17H14N4O4S2. The minimum absolute atomic E-state index is 0.159. The van der Waals surface area contributed by atoms with Crippen LogP contribution in [0.2, 0.25) is 0 Å². The van der Waals surface area contributed by atoms with Crippen LogP contribution in [-0.4, -0.2) is 18.7 Å². The van der Waals surface area contributed by atoms with Gasteiger partial charge in [0.1, 0.15) is 0 Å². The largest absolute Gasteiger partial charge is 0.538 e. The van der Waals surface area contributed by atoms with Crippen LogP contribution in [0.3, 0.4) is 0 Å². The second-order valence-electron chi connectivity index (χ2n) is 6.01. The van der Waals surface area contributed by atoms with E-state index in [0.29, 0.717) is 11.2 Å². The molecule has 1 N–H and O–H groups in total. The first kappa shape index (κ1) is 17.4. The molecule has 0 fully saturated rings. The van der Waals surface area contributed by atoms with E-state index in [2.05, 4.69) is 19.5 Å². The summed E-state index contributed by atoms with van der Waals surface area (Å²) < 4.78 is 34.4. The Balaban J connectivity index is 1.75. The molecule has 2 aromatic heterocycles. The van der Waals surface area contributed by atoms with Crippen LogP contribution in [-0.2, 0) is 10.0 Å². The molecule has 0 aliphatic rings. The maximum Gasteiger partial charge on any atom is 0.373 e. The minimum Gasteiger partial charge on any atom is -0.538 e. The molecular weight excluding hydrogens is 388 g/mol. The minimum atomic E-state index is -4.26.